The molecule has 0 aliphatic carbocycles. The lowest BCUT2D eigenvalue weighted by molar-refractivity contribution is -0.384. The molecule has 1 aromatic carbocycles. The third-order valence-corrected chi connectivity index (χ3v) is 4.76. The van der Waals surface area contributed by atoms with Crippen molar-refractivity contribution in [3.05, 3.63) is 67.2 Å². The molecule has 1 amide bonds. The largest absolute Gasteiger partial charge is 0.298 e. The van der Waals surface area contributed by atoms with E-state index in [4.69, 9.17) is 0 Å². The minimum atomic E-state index is -0.532. The zero-order valence-corrected chi connectivity index (χ0v) is 14.9. The van der Waals surface area contributed by atoms with Gasteiger partial charge in [-0.15, -0.1) is 11.3 Å². The van der Waals surface area contributed by atoms with Gasteiger partial charge in [-0.2, -0.15) is 0 Å². The van der Waals surface area contributed by atoms with Crippen molar-refractivity contribution in [1.29, 1.82) is 0 Å². The number of carbonyl (C=O) groups excluding carboxylic acids is 1. The number of nitro groups is 1. The van der Waals surface area contributed by atoms with E-state index in [2.05, 4.69) is 15.3 Å². The van der Waals surface area contributed by atoms with Crippen LogP contribution >= 0.6 is 33.9 Å². The van der Waals surface area contributed by atoms with Crippen LogP contribution in [-0.2, 0) is 0 Å². The summed E-state index contributed by atoms with van der Waals surface area (Å²) in [6.07, 6.45) is 1.67. The number of pyridine rings is 1. The lowest BCUT2D eigenvalue weighted by Gasteiger charge is -2.04. The maximum Gasteiger partial charge on any atom is 0.270 e. The molecule has 9 heteroatoms. The lowest BCUT2D eigenvalue weighted by atomic mass is 10.2. The van der Waals surface area contributed by atoms with Crippen molar-refractivity contribution in [2.75, 3.05) is 5.32 Å². The van der Waals surface area contributed by atoms with E-state index in [1.165, 1.54) is 29.5 Å². The number of nitrogens with one attached hydrogen (secondary N) is 1. The molecule has 3 rings (SSSR count). The molecular weight excluding hydrogens is 443 g/mol. The Hall–Kier alpha value is -2.40. The molecular formula is C15H9IN4O3S. The number of benzene rings is 1. The van der Waals surface area contributed by atoms with Gasteiger partial charge in [0.1, 0.15) is 5.69 Å². The first-order valence-electron chi connectivity index (χ1n) is 6.67. The number of non-ortho nitro benzene ring substituents is 1. The van der Waals surface area contributed by atoms with Gasteiger partial charge in [-0.05, 0) is 40.8 Å². The number of hydrogen-bond donors (Lipinski definition) is 1. The predicted octanol–water partition coefficient (Wildman–Crippen LogP) is 3.97. The number of thiazole rings is 1. The SMILES string of the molecule is O=C(Nc1nc(-c2ccccn2)cs1)c1cc([N+](=O)[O-])ccc1I. The molecule has 0 aliphatic rings. The molecule has 2 heterocycles. The Bertz CT molecular complexity index is 914. The fraction of sp³-hybridized carbons (Fsp3) is 0. The maximum absolute atomic E-state index is 12.4. The van der Waals surface area contributed by atoms with Gasteiger partial charge in [-0.1, -0.05) is 6.07 Å². The molecule has 0 aliphatic heterocycles. The quantitative estimate of drug-likeness (QED) is 0.367. The van der Waals surface area contributed by atoms with E-state index in [0.717, 1.165) is 0 Å². The minimum absolute atomic E-state index is 0.131. The van der Waals surface area contributed by atoms with Crippen molar-refractivity contribution >= 4 is 50.7 Å². The summed E-state index contributed by atoms with van der Waals surface area (Å²) < 4.78 is 0.622. The van der Waals surface area contributed by atoms with Crippen molar-refractivity contribution in [3.8, 4) is 11.4 Å². The molecule has 0 atom stereocenters. The number of nitrogens with zero attached hydrogens (tertiary/aromatic N) is 3. The molecule has 3 aromatic rings. The van der Waals surface area contributed by atoms with E-state index >= 15 is 0 Å². The summed E-state index contributed by atoms with van der Waals surface area (Å²) in [5.74, 6) is -0.440. The summed E-state index contributed by atoms with van der Waals surface area (Å²) >= 11 is 3.23. The van der Waals surface area contributed by atoms with Gasteiger partial charge in [0.25, 0.3) is 11.6 Å². The van der Waals surface area contributed by atoms with Crippen molar-refractivity contribution in [1.82, 2.24) is 9.97 Å². The Labute approximate surface area is 154 Å². The fourth-order valence-electron chi connectivity index (χ4n) is 1.93. The average Bonchev–Trinajstić information content (AvgIpc) is 3.04. The molecule has 24 heavy (non-hydrogen) atoms. The van der Waals surface area contributed by atoms with Crippen LogP contribution in [0.15, 0.2) is 48.0 Å². The van der Waals surface area contributed by atoms with Crippen LogP contribution in [0.3, 0.4) is 0 Å². The third kappa shape index (κ3) is 3.57. The number of halogens is 1. The Kier molecular flexibility index (Phi) is 4.81. The van der Waals surface area contributed by atoms with Crippen LogP contribution in [0.5, 0.6) is 0 Å². The monoisotopic (exact) mass is 452 g/mol. The highest BCUT2D eigenvalue weighted by Crippen LogP contribution is 2.25. The standard InChI is InChI=1S/C15H9IN4O3S/c16-11-5-4-9(20(22)23)7-10(11)14(21)19-15-18-13(8-24-15)12-3-1-2-6-17-12/h1-8H,(H,18,19,21). The molecule has 0 radical (unpaired) electrons. The summed E-state index contributed by atoms with van der Waals surface area (Å²) in [5.41, 5.74) is 1.47. The van der Waals surface area contributed by atoms with Crippen molar-refractivity contribution in [2.24, 2.45) is 0 Å². The summed E-state index contributed by atoms with van der Waals surface area (Å²) in [7, 11) is 0. The molecule has 0 fully saturated rings. The Morgan fingerprint density at radius 3 is 2.79 bits per heavy atom. The summed E-state index contributed by atoms with van der Waals surface area (Å²) in [4.78, 5) is 31.2. The van der Waals surface area contributed by atoms with Gasteiger partial charge in [0.15, 0.2) is 5.13 Å². The fourth-order valence-corrected chi connectivity index (χ4v) is 3.21. The second-order valence-corrected chi connectivity index (χ2v) is 6.65. The van der Waals surface area contributed by atoms with Gasteiger partial charge >= 0.3 is 0 Å². The molecule has 1 N–H and O–H groups in total. The van der Waals surface area contributed by atoms with E-state index in [1.54, 1.807) is 11.6 Å². The number of hydrogen-bond acceptors (Lipinski definition) is 6. The first kappa shape index (κ1) is 16.5. The van der Waals surface area contributed by atoms with Gasteiger partial charge in [0.2, 0.25) is 0 Å². The van der Waals surface area contributed by atoms with E-state index in [0.29, 0.717) is 20.1 Å². The number of nitro benzene ring substituents is 1. The van der Waals surface area contributed by atoms with Crippen LogP contribution in [0.2, 0.25) is 0 Å². The van der Waals surface area contributed by atoms with Crippen molar-refractivity contribution < 1.29 is 9.72 Å². The molecule has 2 aromatic heterocycles. The van der Waals surface area contributed by atoms with Crippen LogP contribution in [-0.4, -0.2) is 20.8 Å². The molecule has 0 unspecified atom stereocenters. The van der Waals surface area contributed by atoms with Crippen LogP contribution in [0.4, 0.5) is 10.8 Å². The predicted molar refractivity (Wildman–Crippen MR) is 99.1 cm³/mol. The average molecular weight is 452 g/mol. The van der Waals surface area contributed by atoms with Crippen LogP contribution in [0, 0.1) is 13.7 Å². The van der Waals surface area contributed by atoms with Gasteiger partial charge in [0.05, 0.1) is 16.2 Å². The normalized spacial score (nSPS) is 10.4. The first-order valence-corrected chi connectivity index (χ1v) is 8.62. The number of anilines is 1. The number of aromatic nitrogens is 2. The lowest BCUT2D eigenvalue weighted by Crippen LogP contribution is -2.13. The highest BCUT2D eigenvalue weighted by molar-refractivity contribution is 14.1. The second-order valence-electron chi connectivity index (χ2n) is 4.63. The molecule has 7 nitrogen and oxygen atoms in total. The molecule has 0 saturated heterocycles. The Morgan fingerprint density at radius 1 is 1.25 bits per heavy atom. The Balaban J connectivity index is 1.82. The summed E-state index contributed by atoms with van der Waals surface area (Å²) in [5, 5.41) is 15.7. The summed E-state index contributed by atoms with van der Waals surface area (Å²) in [6.45, 7) is 0. The van der Waals surface area contributed by atoms with Gasteiger partial charge in [-0.25, -0.2) is 4.98 Å². The third-order valence-electron chi connectivity index (χ3n) is 3.06. The first-order chi connectivity index (χ1) is 11.5. The van der Waals surface area contributed by atoms with Crippen LogP contribution in [0.1, 0.15) is 10.4 Å². The zero-order chi connectivity index (χ0) is 17.1. The molecule has 0 saturated carbocycles. The van der Waals surface area contributed by atoms with E-state index < -0.39 is 10.8 Å². The molecule has 0 spiro atoms. The highest BCUT2D eigenvalue weighted by atomic mass is 127. The van der Waals surface area contributed by atoms with E-state index in [-0.39, 0.29) is 11.3 Å². The topological polar surface area (TPSA) is 98.0 Å². The van der Waals surface area contributed by atoms with E-state index in [1.807, 2.05) is 40.8 Å². The second kappa shape index (κ2) is 7.01. The smallest absolute Gasteiger partial charge is 0.270 e. The zero-order valence-electron chi connectivity index (χ0n) is 12.0. The summed E-state index contributed by atoms with van der Waals surface area (Å²) in [6, 6.07) is 9.64. The highest BCUT2D eigenvalue weighted by Gasteiger charge is 2.17. The van der Waals surface area contributed by atoms with Crippen LogP contribution < -0.4 is 5.32 Å². The van der Waals surface area contributed by atoms with Gasteiger partial charge in [-0.3, -0.25) is 25.2 Å². The minimum Gasteiger partial charge on any atom is -0.298 e. The van der Waals surface area contributed by atoms with E-state index in [9.17, 15) is 14.9 Å². The number of amides is 1. The van der Waals surface area contributed by atoms with Crippen molar-refractivity contribution in [2.45, 2.75) is 0 Å². The van der Waals surface area contributed by atoms with Gasteiger partial charge < -0.3 is 0 Å². The number of rotatable bonds is 4. The van der Waals surface area contributed by atoms with Gasteiger partial charge in [0, 0.05) is 27.3 Å². The maximum atomic E-state index is 12.4. The van der Waals surface area contributed by atoms with Crippen molar-refractivity contribution in [3.63, 3.8) is 0 Å². The molecule has 0 bridgehead atoms. The number of carbonyl (C=O) groups is 1. The molecule has 120 valence electrons. The van der Waals surface area contributed by atoms with Crippen LogP contribution in [0.25, 0.3) is 11.4 Å². The Morgan fingerprint density at radius 2 is 2.08 bits per heavy atom.